The van der Waals surface area contributed by atoms with Crippen LogP contribution in [-0.4, -0.2) is 41.5 Å². The van der Waals surface area contributed by atoms with Crippen LogP contribution in [0.2, 0.25) is 0 Å². The number of ether oxygens (including phenoxy) is 1. The van der Waals surface area contributed by atoms with Crippen molar-refractivity contribution in [2.45, 2.75) is 46.6 Å². The van der Waals surface area contributed by atoms with Crippen LogP contribution in [-0.2, 0) is 4.74 Å². The van der Waals surface area contributed by atoms with Gasteiger partial charge in [0.1, 0.15) is 4.99 Å². The summed E-state index contributed by atoms with van der Waals surface area (Å²) in [6.45, 7) is 9.62. The summed E-state index contributed by atoms with van der Waals surface area (Å²) >= 11 is 5.24. The Morgan fingerprint density at radius 1 is 1.29 bits per heavy atom. The van der Waals surface area contributed by atoms with Crippen LogP contribution in [0.3, 0.4) is 0 Å². The highest BCUT2D eigenvalue weighted by Crippen LogP contribution is 2.25. The third-order valence-corrected chi connectivity index (χ3v) is 4.08. The molecule has 0 bridgehead atoms. The second-order valence-corrected chi connectivity index (χ2v) is 5.57. The third-order valence-electron chi connectivity index (χ3n) is 3.87. The topological polar surface area (TPSA) is 64.3 Å². The molecule has 1 aromatic heterocycles. The summed E-state index contributed by atoms with van der Waals surface area (Å²) in [6, 6.07) is 0.365. The van der Waals surface area contributed by atoms with Crippen LogP contribution in [0.25, 0.3) is 0 Å². The van der Waals surface area contributed by atoms with Crippen molar-refractivity contribution in [3.05, 3.63) is 16.8 Å². The summed E-state index contributed by atoms with van der Waals surface area (Å²) < 4.78 is 5.23. The highest BCUT2D eigenvalue weighted by atomic mass is 32.1. The van der Waals surface area contributed by atoms with Crippen molar-refractivity contribution >= 4 is 23.0 Å². The summed E-state index contributed by atoms with van der Waals surface area (Å²) in [7, 11) is 1.70. The van der Waals surface area contributed by atoms with Crippen LogP contribution in [0.1, 0.15) is 43.5 Å². The predicted molar refractivity (Wildman–Crippen MR) is 91.0 cm³/mol. The monoisotopic (exact) mass is 310 g/mol. The number of methoxy groups -OCH3 is 1. The first-order valence-electron chi connectivity index (χ1n) is 7.37. The molecule has 0 aliphatic rings. The van der Waals surface area contributed by atoms with Gasteiger partial charge in [0, 0.05) is 19.7 Å². The van der Waals surface area contributed by atoms with E-state index >= 15 is 0 Å². The molecule has 0 aliphatic heterocycles. The number of rotatable bonds is 8. The molecular formula is C15H26N4OS. The van der Waals surface area contributed by atoms with Gasteiger partial charge in [-0.05, 0) is 32.3 Å². The molecule has 0 radical (unpaired) electrons. The molecule has 0 aliphatic carbocycles. The largest absolute Gasteiger partial charge is 0.389 e. The minimum Gasteiger partial charge on any atom is -0.389 e. The van der Waals surface area contributed by atoms with E-state index < -0.39 is 0 Å². The van der Waals surface area contributed by atoms with E-state index in [0.29, 0.717) is 17.6 Å². The lowest BCUT2D eigenvalue weighted by atomic mass is 10.1. The van der Waals surface area contributed by atoms with E-state index in [4.69, 9.17) is 22.7 Å². The molecule has 1 rings (SSSR count). The molecule has 0 spiro atoms. The maximum absolute atomic E-state index is 5.94. The molecule has 0 saturated carbocycles. The lowest BCUT2D eigenvalue weighted by Gasteiger charge is -2.33. The zero-order valence-corrected chi connectivity index (χ0v) is 14.5. The smallest absolute Gasteiger partial charge is 0.162 e. The van der Waals surface area contributed by atoms with Gasteiger partial charge >= 0.3 is 0 Å². The van der Waals surface area contributed by atoms with Crippen LogP contribution in [0.15, 0.2) is 0 Å². The Hall–Kier alpha value is -1.27. The molecule has 5 nitrogen and oxygen atoms in total. The van der Waals surface area contributed by atoms with Crippen LogP contribution in [0.4, 0.5) is 5.82 Å². The molecule has 0 amide bonds. The molecule has 1 heterocycles. The summed E-state index contributed by atoms with van der Waals surface area (Å²) in [5.74, 6) is 0.774. The van der Waals surface area contributed by atoms with E-state index in [1.807, 2.05) is 13.8 Å². The molecule has 21 heavy (non-hydrogen) atoms. The molecule has 0 saturated heterocycles. The number of aryl methyl sites for hydroxylation is 1. The van der Waals surface area contributed by atoms with E-state index in [0.717, 1.165) is 42.0 Å². The SMILES string of the molecule is CCC(CC)N(CCOC)c1nnc(C)c(C)c1C(N)=S. The van der Waals surface area contributed by atoms with Gasteiger partial charge in [-0.15, -0.1) is 5.10 Å². The van der Waals surface area contributed by atoms with Crippen molar-refractivity contribution in [2.24, 2.45) is 5.73 Å². The lowest BCUT2D eigenvalue weighted by molar-refractivity contribution is 0.202. The van der Waals surface area contributed by atoms with Crippen LogP contribution < -0.4 is 10.6 Å². The number of aromatic nitrogens is 2. The number of nitrogens with zero attached hydrogens (tertiary/aromatic N) is 3. The molecule has 0 atom stereocenters. The van der Waals surface area contributed by atoms with Gasteiger partial charge in [0.15, 0.2) is 5.82 Å². The quantitative estimate of drug-likeness (QED) is 0.744. The number of hydrogen-bond donors (Lipinski definition) is 1. The Balaban J connectivity index is 3.35. The van der Waals surface area contributed by atoms with Crippen LogP contribution >= 0.6 is 12.2 Å². The van der Waals surface area contributed by atoms with E-state index in [9.17, 15) is 0 Å². The summed E-state index contributed by atoms with van der Waals surface area (Å²) in [5.41, 5.74) is 8.63. The molecule has 6 heteroatoms. The van der Waals surface area contributed by atoms with Crippen LogP contribution in [0.5, 0.6) is 0 Å². The maximum atomic E-state index is 5.94. The lowest BCUT2D eigenvalue weighted by Crippen LogP contribution is -2.39. The second kappa shape index (κ2) is 8.24. The summed E-state index contributed by atoms with van der Waals surface area (Å²) in [4.78, 5) is 2.59. The first-order valence-corrected chi connectivity index (χ1v) is 7.77. The summed E-state index contributed by atoms with van der Waals surface area (Å²) in [6.07, 6.45) is 2.04. The zero-order valence-electron chi connectivity index (χ0n) is 13.6. The average molecular weight is 310 g/mol. The van der Waals surface area contributed by atoms with E-state index in [-0.39, 0.29) is 0 Å². The highest BCUT2D eigenvalue weighted by Gasteiger charge is 2.23. The second-order valence-electron chi connectivity index (χ2n) is 5.13. The molecule has 118 valence electrons. The fourth-order valence-electron chi connectivity index (χ4n) is 2.47. The Bertz CT molecular complexity index is 489. The molecule has 0 aromatic carbocycles. The zero-order chi connectivity index (χ0) is 16.0. The van der Waals surface area contributed by atoms with Gasteiger partial charge in [-0.1, -0.05) is 26.1 Å². The molecule has 0 unspecified atom stereocenters. The van der Waals surface area contributed by atoms with Gasteiger partial charge in [0.05, 0.1) is 17.9 Å². The number of thiocarbonyl (C=S) groups is 1. The van der Waals surface area contributed by atoms with Crippen molar-refractivity contribution in [2.75, 3.05) is 25.2 Å². The van der Waals surface area contributed by atoms with Crippen molar-refractivity contribution in [3.63, 3.8) is 0 Å². The van der Waals surface area contributed by atoms with Crippen molar-refractivity contribution in [1.29, 1.82) is 0 Å². The van der Waals surface area contributed by atoms with Crippen molar-refractivity contribution in [1.82, 2.24) is 10.2 Å². The van der Waals surface area contributed by atoms with Crippen molar-refractivity contribution in [3.8, 4) is 0 Å². The Kier molecular flexibility index (Phi) is 6.98. The van der Waals surface area contributed by atoms with Gasteiger partial charge in [-0.25, -0.2) is 0 Å². The van der Waals surface area contributed by atoms with E-state index in [2.05, 4.69) is 28.9 Å². The molecular weight excluding hydrogens is 284 g/mol. The standard InChI is InChI=1S/C15H26N4OS/c1-6-12(7-2)19(8-9-20-5)15-13(14(16)21)10(3)11(4)17-18-15/h12H,6-9H2,1-5H3,(H2,16,21). The first kappa shape index (κ1) is 17.8. The number of anilines is 1. The minimum atomic E-state index is 0.365. The Morgan fingerprint density at radius 3 is 2.38 bits per heavy atom. The minimum absolute atomic E-state index is 0.365. The highest BCUT2D eigenvalue weighted by molar-refractivity contribution is 7.80. The molecule has 1 aromatic rings. The van der Waals surface area contributed by atoms with Gasteiger partial charge in [0.2, 0.25) is 0 Å². The summed E-state index contributed by atoms with van der Waals surface area (Å²) in [5, 5.41) is 8.64. The number of nitrogens with two attached hydrogens (primary N) is 1. The van der Waals surface area contributed by atoms with Gasteiger partial charge in [-0.3, -0.25) is 0 Å². The van der Waals surface area contributed by atoms with Gasteiger partial charge in [-0.2, -0.15) is 5.10 Å². The third kappa shape index (κ3) is 4.11. The predicted octanol–water partition coefficient (Wildman–Crippen LogP) is 2.37. The van der Waals surface area contributed by atoms with Gasteiger partial charge < -0.3 is 15.4 Å². The normalized spacial score (nSPS) is 11.0. The van der Waals surface area contributed by atoms with Crippen molar-refractivity contribution < 1.29 is 4.74 Å². The fraction of sp³-hybridized carbons (Fsp3) is 0.667. The average Bonchev–Trinajstić information content (AvgIpc) is 2.46. The van der Waals surface area contributed by atoms with E-state index in [1.165, 1.54) is 0 Å². The van der Waals surface area contributed by atoms with E-state index in [1.54, 1.807) is 7.11 Å². The maximum Gasteiger partial charge on any atom is 0.162 e. The Labute approximate surface area is 132 Å². The first-order chi connectivity index (χ1) is 9.97. The fourth-order valence-corrected chi connectivity index (χ4v) is 2.72. The van der Waals surface area contributed by atoms with Crippen LogP contribution in [0, 0.1) is 13.8 Å². The van der Waals surface area contributed by atoms with Gasteiger partial charge in [0.25, 0.3) is 0 Å². The molecule has 0 fully saturated rings. The Morgan fingerprint density at radius 2 is 1.90 bits per heavy atom. The number of hydrogen-bond acceptors (Lipinski definition) is 5. The molecule has 2 N–H and O–H groups in total.